The summed E-state index contributed by atoms with van der Waals surface area (Å²) in [5.74, 6) is 2.22. The second-order valence-electron chi connectivity index (χ2n) is 7.13. The highest BCUT2D eigenvalue weighted by Crippen LogP contribution is 2.36. The molecule has 0 aliphatic carbocycles. The predicted octanol–water partition coefficient (Wildman–Crippen LogP) is 4.19. The van der Waals surface area contributed by atoms with Gasteiger partial charge in [-0.25, -0.2) is 15.0 Å². The van der Waals surface area contributed by atoms with E-state index in [0.29, 0.717) is 5.92 Å². The molecule has 138 valence electrons. The lowest BCUT2D eigenvalue weighted by Crippen LogP contribution is -2.37. The molecule has 0 radical (unpaired) electrons. The summed E-state index contributed by atoms with van der Waals surface area (Å²) in [6, 6.07) is 6.38. The summed E-state index contributed by atoms with van der Waals surface area (Å²) < 4.78 is 5.53. The Labute approximate surface area is 161 Å². The molecule has 0 spiro atoms. The third-order valence-electron chi connectivity index (χ3n) is 4.93. The van der Waals surface area contributed by atoms with Crippen molar-refractivity contribution in [2.24, 2.45) is 0 Å². The van der Waals surface area contributed by atoms with E-state index in [9.17, 15) is 0 Å². The number of anilines is 1. The zero-order valence-electron chi connectivity index (χ0n) is 15.4. The minimum absolute atomic E-state index is 0.475. The van der Waals surface area contributed by atoms with Crippen LogP contribution in [0.4, 0.5) is 5.82 Å². The molecule has 0 aromatic carbocycles. The van der Waals surface area contributed by atoms with Gasteiger partial charge in [0.2, 0.25) is 0 Å². The molecule has 27 heavy (non-hydrogen) atoms. The van der Waals surface area contributed by atoms with Crippen molar-refractivity contribution in [1.82, 2.24) is 19.9 Å². The average Bonchev–Trinajstić information content (AvgIpc) is 3.34. The molecule has 0 saturated carbocycles. The Kier molecular flexibility index (Phi) is 4.06. The Morgan fingerprint density at radius 3 is 2.85 bits per heavy atom. The minimum atomic E-state index is 0.475. The highest BCUT2D eigenvalue weighted by molar-refractivity contribution is 7.18. The number of fused-ring (bicyclic) bond motifs is 2. The quantitative estimate of drug-likeness (QED) is 0.578. The van der Waals surface area contributed by atoms with Gasteiger partial charge in [-0.3, -0.25) is 0 Å². The van der Waals surface area contributed by atoms with Gasteiger partial charge in [0.1, 0.15) is 16.3 Å². The standard InChI is InChI=1S/C20H21N5OS/c1-12(2)16-10-15-19(25-5-7-26-8-6-25)23-18(24-20(15)27-16)14-9-13-3-4-21-17(13)22-11-14/h3-4,9-12H,5-8H2,1-2H3,(H,21,22). The molecule has 1 fully saturated rings. The van der Waals surface area contributed by atoms with Gasteiger partial charge in [0.25, 0.3) is 0 Å². The molecule has 6 nitrogen and oxygen atoms in total. The van der Waals surface area contributed by atoms with E-state index in [1.54, 1.807) is 11.3 Å². The van der Waals surface area contributed by atoms with Gasteiger partial charge in [0.05, 0.1) is 18.6 Å². The smallest absolute Gasteiger partial charge is 0.164 e. The van der Waals surface area contributed by atoms with Gasteiger partial charge in [-0.1, -0.05) is 13.8 Å². The molecule has 5 heterocycles. The number of nitrogens with zero attached hydrogens (tertiary/aromatic N) is 4. The molecule has 4 aromatic heterocycles. The summed E-state index contributed by atoms with van der Waals surface area (Å²) in [6.07, 6.45) is 3.75. The number of rotatable bonds is 3. The van der Waals surface area contributed by atoms with Gasteiger partial charge in [0, 0.05) is 41.3 Å². The third kappa shape index (κ3) is 2.96. The summed E-state index contributed by atoms with van der Waals surface area (Å²) in [7, 11) is 0. The second-order valence-corrected chi connectivity index (χ2v) is 8.19. The maximum Gasteiger partial charge on any atom is 0.164 e. The molecule has 5 rings (SSSR count). The number of ether oxygens (including phenoxy) is 1. The van der Waals surface area contributed by atoms with Gasteiger partial charge < -0.3 is 14.6 Å². The van der Waals surface area contributed by atoms with E-state index in [4.69, 9.17) is 14.7 Å². The van der Waals surface area contributed by atoms with Crippen LogP contribution in [0.15, 0.2) is 30.6 Å². The lowest BCUT2D eigenvalue weighted by atomic mass is 10.1. The third-order valence-corrected chi connectivity index (χ3v) is 6.26. The van der Waals surface area contributed by atoms with Crippen LogP contribution in [0.25, 0.3) is 32.6 Å². The first-order valence-electron chi connectivity index (χ1n) is 9.27. The van der Waals surface area contributed by atoms with Gasteiger partial charge >= 0.3 is 0 Å². The van der Waals surface area contributed by atoms with E-state index in [1.807, 2.05) is 18.5 Å². The van der Waals surface area contributed by atoms with Crippen LogP contribution in [-0.2, 0) is 4.74 Å². The normalized spacial score (nSPS) is 15.3. The number of hydrogen-bond acceptors (Lipinski definition) is 6. The second kappa shape index (κ2) is 6.58. The van der Waals surface area contributed by atoms with Crippen LogP contribution in [0.2, 0.25) is 0 Å². The summed E-state index contributed by atoms with van der Waals surface area (Å²) in [5, 5.41) is 2.21. The summed E-state index contributed by atoms with van der Waals surface area (Å²) in [6.45, 7) is 7.62. The molecule has 0 atom stereocenters. The summed E-state index contributed by atoms with van der Waals surface area (Å²) in [4.78, 5) is 22.2. The largest absolute Gasteiger partial charge is 0.378 e. The summed E-state index contributed by atoms with van der Waals surface area (Å²) in [5.41, 5.74) is 1.82. The first-order valence-corrected chi connectivity index (χ1v) is 10.1. The van der Waals surface area contributed by atoms with Crippen LogP contribution in [0.3, 0.4) is 0 Å². The fourth-order valence-electron chi connectivity index (χ4n) is 3.42. The maximum atomic E-state index is 5.53. The van der Waals surface area contributed by atoms with Crippen molar-refractivity contribution in [2.75, 3.05) is 31.2 Å². The molecule has 0 amide bonds. The molecular weight excluding hydrogens is 358 g/mol. The Morgan fingerprint density at radius 2 is 2.04 bits per heavy atom. The van der Waals surface area contributed by atoms with Gasteiger partial charge in [0.15, 0.2) is 5.82 Å². The molecular formula is C20H21N5OS. The molecule has 0 unspecified atom stereocenters. The SMILES string of the molecule is CC(C)c1cc2c(N3CCOCC3)nc(-c3cnc4[nH]ccc4c3)nc2s1. The molecule has 4 aromatic rings. The van der Waals surface area contributed by atoms with Crippen molar-refractivity contribution < 1.29 is 4.74 Å². The van der Waals surface area contributed by atoms with E-state index in [0.717, 1.165) is 64.8 Å². The molecule has 1 saturated heterocycles. The predicted molar refractivity (Wildman–Crippen MR) is 110 cm³/mol. The number of pyridine rings is 1. The fourth-order valence-corrected chi connectivity index (χ4v) is 4.44. The van der Waals surface area contributed by atoms with E-state index in [-0.39, 0.29) is 0 Å². The van der Waals surface area contributed by atoms with Crippen LogP contribution in [-0.4, -0.2) is 46.2 Å². The minimum Gasteiger partial charge on any atom is -0.378 e. The van der Waals surface area contributed by atoms with Crippen LogP contribution in [0, 0.1) is 0 Å². The van der Waals surface area contributed by atoms with Gasteiger partial charge in [-0.2, -0.15) is 0 Å². The van der Waals surface area contributed by atoms with Crippen molar-refractivity contribution in [3.8, 4) is 11.4 Å². The van der Waals surface area contributed by atoms with E-state index in [2.05, 4.69) is 40.8 Å². The van der Waals surface area contributed by atoms with E-state index < -0.39 is 0 Å². The number of morpholine rings is 1. The lowest BCUT2D eigenvalue weighted by Gasteiger charge is -2.28. The first-order chi connectivity index (χ1) is 13.2. The van der Waals surface area contributed by atoms with Crippen molar-refractivity contribution >= 4 is 38.4 Å². The van der Waals surface area contributed by atoms with E-state index >= 15 is 0 Å². The van der Waals surface area contributed by atoms with Crippen molar-refractivity contribution in [3.05, 3.63) is 35.5 Å². The van der Waals surface area contributed by atoms with Crippen LogP contribution >= 0.6 is 11.3 Å². The highest BCUT2D eigenvalue weighted by Gasteiger charge is 2.20. The average molecular weight is 379 g/mol. The lowest BCUT2D eigenvalue weighted by molar-refractivity contribution is 0.122. The van der Waals surface area contributed by atoms with Crippen LogP contribution < -0.4 is 4.90 Å². The number of aromatic amines is 1. The number of thiophene rings is 1. The van der Waals surface area contributed by atoms with Crippen molar-refractivity contribution in [3.63, 3.8) is 0 Å². The fraction of sp³-hybridized carbons (Fsp3) is 0.350. The molecule has 7 heteroatoms. The first kappa shape index (κ1) is 16.6. The number of nitrogens with one attached hydrogen (secondary N) is 1. The van der Waals surface area contributed by atoms with Gasteiger partial charge in [-0.15, -0.1) is 11.3 Å². The monoisotopic (exact) mass is 379 g/mol. The molecule has 1 N–H and O–H groups in total. The molecule has 1 aliphatic rings. The number of aromatic nitrogens is 4. The number of H-pyrrole nitrogens is 1. The summed E-state index contributed by atoms with van der Waals surface area (Å²) >= 11 is 1.76. The van der Waals surface area contributed by atoms with Crippen LogP contribution in [0.1, 0.15) is 24.6 Å². The Morgan fingerprint density at radius 1 is 1.19 bits per heavy atom. The number of hydrogen-bond donors (Lipinski definition) is 1. The zero-order valence-corrected chi connectivity index (χ0v) is 16.2. The van der Waals surface area contributed by atoms with E-state index in [1.165, 1.54) is 4.88 Å². The van der Waals surface area contributed by atoms with Crippen molar-refractivity contribution in [2.45, 2.75) is 19.8 Å². The molecule has 0 bridgehead atoms. The van der Waals surface area contributed by atoms with Gasteiger partial charge in [-0.05, 0) is 24.1 Å². The van der Waals surface area contributed by atoms with Crippen molar-refractivity contribution in [1.29, 1.82) is 0 Å². The topological polar surface area (TPSA) is 66.9 Å². The highest BCUT2D eigenvalue weighted by atomic mass is 32.1. The Bertz CT molecular complexity index is 1110. The van der Waals surface area contributed by atoms with Crippen LogP contribution in [0.5, 0.6) is 0 Å². The zero-order chi connectivity index (χ0) is 18.4. The Balaban J connectivity index is 1.69. The maximum absolute atomic E-state index is 5.53. The molecule has 1 aliphatic heterocycles. The Hall–Kier alpha value is -2.51.